The van der Waals surface area contributed by atoms with E-state index in [0.29, 0.717) is 155 Å². The topological polar surface area (TPSA) is 434 Å². The first kappa shape index (κ1) is 102. The lowest BCUT2D eigenvalue weighted by molar-refractivity contribution is 0.0557. The molecule has 147 heavy (non-hydrogen) atoms. The molecule has 15 aromatic rings. The van der Waals surface area contributed by atoms with Gasteiger partial charge >= 0.3 is 0 Å². The van der Waals surface area contributed by atoms with Crippen molar-refractivity contribution in [3.8, 4) is 11.5 Å². The van der Waals surface area contributed by atoms with Crippen molar-refractivity contribution in [2.24, 2.45) is 0 Å². The highest BCUT2D eigenvalue weighted by atomic mass is 32.1. The van der Waals surface area contributed by atoms with E-state index in [1.54, 1.807) is 24.8 Å². The highest BCUT2D eigenvalue weighted by Gasteiger charge is 2.53. The number of hydrogen-bond donors (Lipinski definition) is 7. The number of carbonyl (C=O) groups is 5. The highest BCUT2D eigenvalue weighted by Crippen LogP contribution is 2.59. The summed E-state index contributed by atoms with van der Waals surface area (Å²) in [5.74, 6) is 2.76. The minimum absolute atomic E-state index is 0.00792. The first-order valence-electron chi connectivity index (χ1n) is 49.3. The Kier molecular flexibility index (Phi) is 32.5. The van der Waals surface area contributed by atoms with Crippen LogP contribution < -0.4 is 61.4 Å². The van der Waals surface area contributed by atoms with Crippen molar-refractivity contribution in [3.63, 3.8) is 0 Å². The number of nitrogens with one attached hydrogen (secondary N) is 7. The molecule has 8 aliphatic rings. The maximum absolute atomic E-state index is 13.9. The number of nitrogens with zero attached hydrogens (tertiary/aromatic N) is 20. The molecule has 23 rings (SSSR count). The lowest BCUT2D eigenvalue weighted by Crippen LogP contribution is -2.38. The lowest BCUT2D eigenvalue weighted by atomic mass is 9.76. The van der Waals surface area contributed by atoms with Crippen molar-refractivity contribution >= 4 is 195 Å². The van der Waals surface area contributed by atoms with Gasteiger partial charge in [-0.05, 0) is 217 Å². The Morgan fingerprint density at radius 2 is 0.823 bits per heavy atom. The van der Waals surface area contributed by atoms with Crippen LogP contribution >= 0.6 is 56.7 Å². The summed E-state index contributed by atoms with van der Waals surface area (Å²) in [6.07, 6.45) is 19.3. The minimum atomic E-state index is -0.395. The fraction of sp³-hybridized carbons (Fsp3) is 0.412. The fourth-order valence-corrected chi connectivity index (χ4v) is 22.7. The Morgan fingerprint density at radius 3 is 1.30 bits per heavy atom. The standard InChI is InChI=1S/C23H25N5O3S.C21H20FN5O2S.C20H26N6O2S.C19H23FN6O2S.C19H19N5O2S/c29-20(26-15-5-9-30-10-6-15)22-27-18-19(24-14-25-21(18)32-22)28-13-23(7-11-31-12-8-23)16-3-1-2-4-17(16)28;22-12-1-2-15-14(9-12)21(5-6-21)10-27(15)17-16-19(24-11-23-17)30-20(26-16)18(28)25-13-3-7-29-8-4-13;1-13(2)28-15-9-6-5-8-14(15)24-17-16-19(23-12-22-17)29-20(25-16)18(27)21-10-7-11-26(3)4;1-4-28-14-10-12(20)6-7-13(14)24-16-15-18(23-11-22-16)29-19(25-15)17(27)21-8-5-9-26(2)3;25-17(22-13-6-9-26-10-7-13)19-23-15-16(20-11-21-18(15)27-19)24-8-5-12-3-1-2-4-14(12)24/h1-4,14-15H,5-13H2,(H,26,29);1-2,9,11,13H,3-8,10H2,(H,25,28);5-6,8-9,12-13H,7,10-11H2,1-4H3,(H,21,27)(H,22,23,24);6-7,10-11H,4-5,8-9H2,1-3H3,(H,21,27)(H,22,23,24);1-4,11,13H,5-10H2,(H,22,25). The zero-order chi connectivity index (χ0) is 102. The van der Waals surface area contributed by atoms with Crippen LogP contribution in [0.25, 0.3) is 51.7 Å². The zero-order valence-electron chi connectivity index (χ0n) is 82.3. The molecule has 1 aliphatic carbocycles. The van der Waals surface area contributed by atoms with Gasteiger partial charge < -0.3 is 90.1 Å². The van der Waals surface area contributed by atoms with Gasteiger partial charge in [-0.25, -0.2) is 83.5 Å². The van der Waals surface area contributed by atoms with E-state index < -0.39 is 5.82 Å². The Labute approximate surface area is 865 Å². The molecule has 38 nitrogen and oxygen atoms in total. The highest BCUT2D eigenvalue weighted by molar-refractivity contribution is 7.21. The summed E-state index contributed by atoms with van der Waals surface area (Å²) in [5, 5.41) is 23.3. The van der Waals surface area contributed by atoms with Crippen LogP contribution in [0.2, 0.25) is 0 Å². The van der Waals surface area contributed by atoms with Gasteiger partial charge in [-0.15, -0.1) is 0 Å². The molecular formula is C102H113F2N27O11S5. The number of amides is 5. The third kappa shape index (κ3) is 24.0. The third-order valence-corrected chi connectivity index (χ3v) is 31.0. The molecule has 45 heteroatoms. The molecule has 1 saturated carbocycles. The normalized spacial score (nSPS) is 16.1. The number of para-hydroxylation sites is 4. The number of hydrogen-bond acceptors (Lipinski definition) is 38. The van der Waals surface area contributed by atoms with Gasteiger partial charge in [-0.2, -0.15) is 0 Å². The predicted octanol–water partition coefficient (Wildman–Crippen LogP) is 15.5. The average Bonchev–Trinajstić information content (AvgIpc) is 1.55. The smallest absolute Gasteiger partial charge is 0.280 e. The number of rotatable bonds is 27. The monoisotopic (exact) mass is 2090 g/mol. The quantitative estimate of drug-likeness (QED) is 0.0235. The molecule has 5 amide bonds. The number of aromatic nitrogens is 15. The molecule has 7 N–H and O–H groups in total. The summed E-state index contributed by atoms with van der Waals surface area (Å²) in [7, 11) is 7.99. The fourth-order valence-electron chi connectivity index (χ4n) is 18.6. The van der Waals surface area contributed by atoms with Gasteiger partial charge in [-0.3, -0.25) is 24.0 Å². The van der Waals surface area contributed by atoms with Gasteiger partial charge in [0.2, 0.25) is 0 Å². The van der Waals surface area contributed by atoms with Crippen LogP contribution in [-0.4, -0.2) is 272 Å². The van der Waals surface area contributed by atoms with E-state index in [-0.39, 0.29) is 70.4 Å². The van der Waals surface area contributed by atoms with Gasteiger partial charge in [0.1, 0.15) is 107 Å². The van der Waals surface area contributed by atoms with E-state index in [0.717, 1.165) is 185 Å². The molecule has 5 aromatic carbocycles. The van der Waals surface area contributed by atoms with Crippen LogP contribution in [0.3, 0.4) is 0 Å². The second-order valence-corrected chi connectivity index (χ2v) is 42.2. The first-order chi connectivity index (χ1) is 71.6. The second kappa shape index (κ2) is 46.7. The Hall–Kier alpha value is -13.5. The van der Waals surface area contributed by atoms with Crippen molar-refractivity contribution in [2.45, 2.75) is 139 Å². The van der Waals surface area contributed by atoms with Crippen molar-refractivity contribution < 1.29 is 61.2 Å². The predicted molar refractivity (Wildman–Crippen MR) is 564 cm³/mol. The van der Waals surface area contributed by atoms with E-state index in [4.69, 9.17) is 33.4 Å². The summed E-state index contributed by atoms with van der Waals surface area (Å²) in [5.41, 5.74) is 11.4. The molecule has 17 heterocycles. The van der Waals surface area contributed by atoms with E-state index in [2.05, 4.69) is 174 Å². The number of ether oxygens (including phenoxy) is 6. The Bertz CT molecular complexity index is 7230. The van der Waals surface area contributed by atoms with Gasteiger partial charge in [-0.1, -0.05) is 105 Å². The van der Waals surface area contributed by atoms with Crippen LogP contribution in [0.15, 0.2) is 141 Å². The van der Waals surface area contributed by atoms with E-state index in [9.17, 15) is 32.8 Å². The van der Waals surface area contributed by atoms with Crippen LogP contribution in [-0.2, 0) is 36.2 Å². The first-order valence-corrected chi connectivity index (χ1v) is 53.3. The molecule has 7 aliphatic heterocycles. The van der Waals surface area contributed by atoms with Crippen LogP contribution in [0.4, 0.5) is 66.3 Å². The van der Waals surface area contributed by atoms with Crippen molar-refractivity contribution in [1.29, 1.82) is 0 Å². The van der Waals surface area contributed by atoms with Crippen LogP contribution in [0.5, 0.6) is 11.5 Å². The van der Waals surface area contributed by atoms with Crippen LogP contribution in [0, 0.1) is 11.6 Å². The van der Waals surface area contributed by atoms with Crippen molar-refractivity contribution in [2.75, 3.05) is 159 Å². The van der Waals surface area contributed by atoms with Gasteiger partial charge in [0.25, 0.3) is 29.5 Å². The largest absolute Gasteiger partial charge is 0.492 e. The van der Waals surface area contributed by atoms with Gasteiger partial charge in [0, 0.05) is 138 Å². The summed E-state index contributed by atoms with van der Waals surface area (Å²) in [6.45, 7) is 17.2. The number of carbonyl (C=O) groups excluding carboxylic acids is 5. The number of fused-ring (bicyclic) bond motifs is 10. The summed E-state index contributed by atoms with van der Waals surface area (Å²) in [6, 6.07) is 34.1. The average molecular weight is 2090 g/mol. The molecule has 0 bridgehead atoms. The van der Waals surface area contributed by atoms with E-state index >= 15 is 0 Å². The molecule has 766 valence electrons. The summed E-state index contributed by atoms with van der Waals surface area (Å²) < 4.78 is 60.5. The lowest BCUT2D eigenvalue weighted by Gasteiger charge is -2.34. The second-order valence-electron chi connectivity index (χ2n) is 37.3. The number of anilines is 10. The number of benzene rings is 5. The molecule has 0 radical (unpaired) electrons. The Morgan fingerprint density at radius 1 is 0.429 bits per heavy atom. The SMILES string of the molecule is CC(C)Oc1ccccc1Nc1ncnc2sc(C(=O)NCCCN(C)C)nc12.CCOc1cc(F)ccc1Nc1ncnc2sc(C(=O)NCCCN(C)C)nc12.O=C(NC1CCOCC1)c1nc2c(N3CC4(CC4)c4cc(F)ccc43)ncnc2s1.O=C(NC1CCOCC1)c1nc2c(N3CC4(CCOCC4)c4ccccc43)ncnc2s1.O=C(NC1CCOCC1)c1nc2c(N3CCc4ccccc43)ncnc2s1. The van der Waals surface area contributed by atoms with E-state index in [1.165, 1.54) is 105 Å². The minimum Gasteiger partial charge on any atom is -0.492 e. The third-order valence-electron chi connectivity index (χ3n) is 26.2. The van der Waals surface area contributed by atoms with Crippen LogP contribution in [0.1, 0.15) is 164 Å². The Balaban J connectivity index is 0.000000116. The molecule has 4 saturated heterocycles. The number of thiazole rings is 5. The van der Waals surface area contributed by atoms with E-state index in [1.807, 2.05) is 85.4 Å². The maximum Gasteiger partial charge on any atom is 0.280 e. The number of halogens is 2. The molecule has 5 fully saturated rings. The van der Waals surface area contributed by atoms with Gasteiger partial charge in [0.05, 0.1) is 24.1 Å². The van der Waals surface area contributed by atoms with Gasteiger partial charge in [0.15, 0.2) is 54.1 Å². The summed E-state index contributed by atoms with van der Waals surface area (Å²) in [4.78, 5) is 144. The molecule has 2 spiro atoms. The maximum atomic E-state index is 13.9. The molecular weight excluding hydrogens is 1980 g/mol. The van der Waals surface area contributed by atoms with Crippen molar-refractivity contribution in [1.82, 2.24) is 111 Å². The molecule has 10 aromatic heterocycles. The zero-order valence-corrected chi connectivity index (χ0v) is 86.4. The molecule has 0 atom stereocenters. The summed E-state index contributed by atoms with van der Waals surface area (Å²) >= 11 is 6.36. The molecule has 0 unspecified atom stereocenters. The van der Waals surface area contributed by atoms with Crippen molar-refractivity contribution in [3.05, 3.63) is 194 Å².